The molecule has 9 N–H and O–H groups in total. The fraction of sp³-hybridized carbons (Fsp3) is 0.526. The summed E-state index contributed by atoms with van der Waals surface area (Å²) >= 11 is 0. The molecule has 0 aromatic carbocycles. The molecule has 0 amide bonds. The first-order valence-electron chi connectivity index (χ1n) is 11.3. The van der Waals surface area contributed by atoms with Gasteiger partial charge in [0.2, 0.25) is 5.88 Å². The van der Waals surface area contributed by atoms with Crippen molar-refractivity contribution < 1.29 is 59.0 Å². The standard InChI is InChI=1S/C10H12N4O5.C9H13N2O9P/c15-1-4-6(16)7(17)10(19-4)14-3-13-5-8(14)11-2-12-9(5)18;12-3-4-7(20-21(16,17)18)6(14)8(19-4)11-2-1-5(13)10-9(11)15/h2-4,6-7,10,15-17H,1H2,(H,11,12,18);1-2,4,6-8,12,14H,3H2,(H,10,13,15)(H2,16,17,18)/t4-,6-,7-,10-;4-,6-,7-,8-/m11/s1. The molecule has 0 unspecified atom stereocenters. The van der Waals surface area contributed by atoms with Crippen LogP contribution in [-0.4, -0.2) is 119 Å². The van der Waals surface area contributed by atoms with Crippen molar-refractivity contribution in [3.8, 4) is 5.88 Å². The first-order valence-corrected chi connectivity index (χ1v) is 12.9. The van der Waals surface area contributed by atoms with Crippen LogP contribution in [0.5, 0.6) is 5.88 Å². The van der Waals surface area contributed by atoms with Crippen molar-refractivity contribution in [2.75, 3.05) is 13.2 Å². The maximum Gasteiger partial charge on any atom is 0.470 e. The number of aromatic amines is 1. The van der Waals surface area contributed by atoms with Crippen LogP contribution in [-0.2, 0) is 18.6 Å². The van der Waals surface area contributed by atoms with Crippen molar-refractivity contribution in [3.05, 3.63) is 45.8 Å². The molecule has 20 nitrogen and oxygen atoms in total. The molecular weight excluding hydrogens is 567 g/mol. The number of fused-ring (bicyclic) bond motifs is 1. The van der Waals surface area contributed by atoms with Gasteiger partial charge in [0.25, 0.3) is 5.56 Å². The van der Waals surface area contributed by atoms with Gasteiger partial charge in [0.05, 0.1) is 19.5 Å². The van der Waals surface area contributed by atoms with E-state index in [1.54, 1.807) is 0 Å². The van der Waals surface area contributed by atoms with Crippen molar-refractivity contribution in [1.82, 2.24) is 29.1 Å². The van der Waals surface area contributed by atoms with Gasteiger partial charge in [-0.1, -0.05) is 0 Å². The van der Waals surface area contributed by atoms with Crippen molar-refractivity contribution in [1.29, 1.82) is 0 Å². The molecule has 0 radical (unpaired) electrons. The number of aliphatic hydroxyl groups is 5. The first-order chi connectivity index (χ1) is 18.9. The molecule has 5 heterocycles. The number of aromatic hydroxyl groups is 1. The molecule has 5 rings (SSSR count). The van der Waals surface area contributed by atoms with E-state index in [1.807, 2.05) is 4.98 Å². The highest BCUT2D eigenvalue weighted by Gasteiger charge is 2.48. The molecule has 21 heteroatoms. The Balaban J connectivity index is 0.000000186. The molecule has 40 heavy (non-hydrogen) atoms. The van der Waals surface area contributed by atoms with E-state index in [1.165, 1.54) is 10.9 Å². The largest absolute Gasteiger partial charge is 0.492 e. The lowest BCUT2D eigenvalue weighted by atomic mass is 10.1. The number of nitrogens with zero attached hydrogens (tertiary/aromatic N) is 5. The van der Waals surface area contributed by atoms with Gasteiger partial charge in [0, 0.05) is 12.3 Å². The Morgan fingerprint density at radius 3 is 2.20 bits per heavy atom. The van der Waals surface area contributed by atoms with Gasteiger partial charge in [-0.15, -0.1) is 0 Å². The monoisotopic (exact) mass is 592 g/mol. The molecule has 0 bridgehead atoms. The quantitative estimate of drug-likeness (QED) is 0.122. The molecule has 8 atom stereocenters. The lowest BCUT2D eigenvalue weighted by Crippen LogP contribution is -2.38. The van der Waals surface area contributed by atoms with Gasteiger partial charge in [-0.2, -0.15) is 4.98 Å². The number of ether oxygens (including phenoxy) is 2. The van der Waals surface area contributed by atoms with Gasteiger partial charge in [0.1, 0.15) is 43.0 Å². The summed E-state index contributed by atoms with van der Waals surface area (Å²) in [6.07, 6.45) is -6.55. The third-order valence-corrected chi connectivity index (χ3v) is 6.52. The Bertz CT molecular complexity index is 1490. The van der Waals surface area contributed by atoms with Crippen LogP contribution in [0.1, 0.15) is 12.5 Å². The Labute approximate surface area is 221 Å². The van der Waals surface area contributed by atoms with Crippen LogP contribution in [0.15, 0.2) is 34.5 Å². The van der Waals surface area contributed by atoms with Crippen LogP contribution >= 0.6 is 7.82 Å². The summed E-state index contributed by atoms with van der Waals surface area (Å²) in [7, 11) is -4.94. The Kier molecular flexibility index (Phi) is 8.77. The van der Waals surface area contributed by atoms with Crippen molar-refractivity contribution in [3.63, 3.8) is 0 Å². The lowest BCUT2D eigenvalue weighted by Gasteiger charge is -2.20. The maximum atomic E-state index is 11.6. The van der Waals surface area contributed by atoms with Crippen molar-refractivity contribution >= 4 is 19.0 Å². The zero-order chi connectivity index (χ0) is 29.4. The van der Waals surface area contributed by atoms with Crippen LogP contribution < -0.4 is 11.2 Å². The summed E-state index contributed by atoms with van der Waals surface area (Å²) in [5.41, 5.74) is -1.12. The zero-order valence-corrected chi connectivity index (χ0v) is 20.9. The number of rotatable bonds is 6. The highest BCUT2D eigenvalue weighted by Crippen LogP contribution is 2.43. The highest BCUT2D eigenvalue weighted by molar-refractivity contribution is 7.46. The number of H-pyrrole nitrogens is 1. The van der Waals surface area contributed by atoms with E-state index in [4.69, 9.17) is 29.5 Å². The van der Waals surface area contributed by atoms with Gasteiger partial charge < -0.3 is 49.9 Å². The normalized spacial score (nSPS) is 30.4. The number of phosphoric acid groups is 1. The maximum absolute atomic E-state index is 11.6. The lowest BCUT2D eigenvalue weighted by molar-refractivity contribution is -0.0549. The predicted octanol–water partition coefficient (Wildman–Crippen LogP) is -4.59. The van der Waals surface area contributed by atoms with Gasteiger partial charge >= 0.3 is 13.5 Å². The summed E-state index contributed by atoms with van der Waals surface area (Å²) in [5, 5.41) is 57.3. The molecular formula is C19H25N6O14P. The van der Waals surface area contributed by atoms with Crippen LogP contribution in [0.4, 0.5) is 0 Å². The number of aliphatic hydroxyl groups excluding tert-OH is 5. The second kappa shape index (κ2) is 11.8. The number of nitrogens with one attached hydrogen (secondary N) is 1. The van der Waals surface area contributed by atoms with Crippen LogP contribution in [0.3, 0.4) is 0 Å². The second-order valence-electron chi connectivity index (χ2n) is 8.57. The summed E-state index contributed by atoms with van der Waals surface area (Å²) < 4.78 is 27.9. The summed E-state index contributed by atoms with van der Waals surface area (Å²) in [6, 6.07) is 1.00. The number of phosphoric ester groups is 1. The average molecular weight is 592 g/mol. The summed E-state index contributed by atoms with van der Waals surface area (Å²) in [6.45, 7) is -1.11. The van der Waals surface area contributed by atoms with E-state index in [2.05, 4.69) is 19.5 Å². The molecule has 2 aliphatic rings. The Hall–Kier alpha value is -3.14. The molecule has 0 saturated carbocycles. The van der Waals surface area contributed by atoms with Gasteiger partial charge in [-0.05, 0) is 0 Å². The van der Waals surface area contributed by atoms with E-state index >= 15 is 0 Å². The highest BCUT2D eigenvalue weighted by atomic mass is 31.2. The van der Waals surface area contributed by atoms with Gasteiger partial charge in [0.15, 0.2) is 23.6 Å². The first kappa shape index (κ1) is 29.8. The number of hydrogen-bond donors (Lipinski definition) is 9. The van der Waals surface area contributed by atoms with Crippen LogP contribution in [0.25, 0.3) is 11.2 Å². The van der Waals surface area contributed by atoms with Crippen LogP contribution in [0, 0.1) is 0 Å². The smallest absolute Gasteiger partial charge is 0.470 e. The summed E-state index contributed by atoms with van der Waals surface area (Å²) in [4.78, 5) is 53.6. The molecule has 2 saturated heterocycles. The van der Waals surface area contributed by atoms with Crippen LogP contribution in [0.2, 0.25) is 0 Å². The minimum atomic E-state index is -4.94. The fourth-order valence-corrected chi connectivity index (χ4v) is 4.73. The number of hydrogen-bond acceptors (Lipinski definition) is 15. The second-order valence-corrected chi connectivity index (χ2v) is 9.76. The zero-order valence-electron chi connectivity index (χ0n) is 20.1. The molecule has 0 spiro atoms. The van der Waals surface area contributed by atoms with E-state index in [9.17, 15) is 34.6 Å². The molecule has 0 aliphatic carbocycles. The van der Waals surface area contributed by atoms with E-state index < -0.39 is 81.4 Å². The van der Waals surface area contributed by atoms with Gasteiger partial charge in [-0.25, -0.2) is 19.3 Å². The number of aromatic nitrogens is 6. The molecule has 3 aromatic rings. The molecule has 2 fully saturated rings. The number of imidazole rings is 1. The minimum absolute atomic E-state index is 0.167. The van der Waals surface area contributed by atoms with Crippen molar-refractivity contribution in [2.24, 2.45) is 0 Å². The average Bonchev–Trinajstić information content (AvgIpc) is 3.54. The topological polar surface area (TPSA) is 305 Å². The third-order valence-electron chi connectivity index (χ3n) is 6.00. The molecule has 2 aliphatic heterocycles. The Morgan fingerprint density at radius 2 is 1.60 bits per heavy atom. The van der Waals surface area contributed by atoms with E-state index in [0.29, 0.717) is 0 Å². The van der Waals surface area contributed by atoms with Gasteiger partial charge in [-0.3, -0.25) is 23.4 Å². The molecule has 3 aromatic heterocycles. The van der Waals surface area contributed by atoms with E-state index in [-0.39, 0.29) is 17.0 Å². The summed E-state index contributed by atoms with van der Waals surface area (Å²) in [5.74, 6) is -0.282. The third kappa shape index (κ3) is 5.96. The fourth-order valence-electron chi connectivity index (χ4n) is 4.15. The SMILES string of the molecule is O=c1ccn([C@@H]2O[C@H](CO)[C@@H](OP(=O)(O)O)[C@H]2O)c(=O)[nH]1.OC[C@H]1O[C@@H](n2cnc3c(O)ncnc32)[C@H](O)[C@@H]1O. The predicted molar refractivity (Wildman–Crippen MR) is 125 cm³/mol. The molecule has 220 valence electrons. The Morgan fingerprint density at radius 1 is 0.950 bits per heavy atom. The minimum Gasteiger partial charge on any atom is -0.492 e. The van der Waals surface area contributed by atoms with Crippen molar-refractivity contribution in [2.45, 2.75) is 49.1 Å². The van der Waals surface area contributed by atoms with E-state index in [0.717, 1.165) is 23.2 Å².